The molecule has 0 saturated carbocycles. The van der Waals surface area contributed by atoms with Crippen LogP contribution in [0.2, 0.25) is 0 Å². The largest absolute Gasteiger partial charge is 0.329 e. The van der Waals surface area contributed by atoms with Gasteiger partial charge in [0, 0.05) is 23.6 Å². The third kappa shape index (κ3) is 4.13. The third-order valence-corrected chi connectivity index (χ3v) is 4.35. The van der Waals surface area contributed by atoms with Gasteiger partial charge in [0.15, 0.2) is 0 Å². The van der Waals surface area contributed by atoms with Crippen molar-refractivity contribution in [2.75, 3.05) is 13.6 Å². The van der Waals surface area contributed by atoms with Crippen LogP contribution < -0.4 is 5.73 Å². The van der Waals surface area contributed by atoms with Crippen molar-refractivity contribution in [3.63, 3.8) is 0 Å². The van der Waals surface area contributed by atoms with Crippen LogP contribution in [0.25, 0.3) is 0 Å². The van der Waals surface area contributed by atoms with E-state index in [1.807, 2.05) is 7.05 Å². The van der Waals surface area contributed by atoms with E-state index in [0.29, 0.717) is 6.54 Å². The lowest BCUT2D eigenvalue weighted by atomic mass is 10.0. The van der Waals surface area contributed by atoms with Crippen LogP contribution in [0.5, 0.6) is 0 Å². The highest BCUT2D eigenvalue weighted by atomic mass is 79.9. The minimum absolute atomic E-state index is 0.0311. The monoisotopic (exact) mass is 350 g/mol. The third-order valence-electron chi connectivity index (χ3n) is 3.62. The van der Waals surface area contributed by atoms with Crippen LogP contribution in [-0.2, 0) is 6.54 Å². The van der Waals surface area contributed by atoms with Gasteiger partial charge in [-0.25, -0.2) is 4.39 Å². The molecule has 0 aliphatic heterocycles. The van der Waals surface area contributed by atoms with Gasteiger partial charge in [0.2, 0.25) is 0 Å². The molecule has 2 aromatic carbocycles. The first kappa shape index (κ1) is 16.1. The number of halogens is 2. The van der Waals surface area contributed by atoms with Gasteiger partial charge in [0.05, 0.1) is 0 Å². The van der Waals surface area contributed by atoms with Gasteiger partial charge in [0.1, 0.15) is 5.82 Å². The van der Waals surface area contributed by atoms with Crippen molar-refractivity contribution in [3.8, 4) is 0 Å². The molecule has 21 heavy (non-hydrogen) atoms. The lowest BCUT2D eigenvalue weighted by Crippen LogP contribution is -2.30. The van der Waals surface area contributed by atoms with Crippen LogP contribution in [0.15, 0.2) is 46.9 Å². The first-order valence-corrected chi connectivity index (χ1v) is 7.71. The highest BCUT2D eigenvalue weighted by Crippen LogP contribution is 2.28. The molecule has 1 unspecified atom stereocenters. The van der Waals surface area contributed by atoms with Crippen LogP contribution >= 0.6 is 15.9 Å². The summed E-state index contributed by atoms with van der Waals surface area (Å²) < 4.78 is 14.4. The number of likely N-dealkylation sites (N-methyl/N-ethyl adjacent to an activating group) is 1. The van der Waals surface area contributed by atoms with Gasteiger partial charge in [-0.1, -0.05) is 45.8 Å². The molecular formula is C17H20BrFN2. The van der Waals surface area contributed by atoms with Crippen molar-refractivity contribution in [1.29, 1.82) is 0 Å². The molecule has 0 amide bonds. The molecule has 2 rings (SSSR count). The molecule has 2 N–H and O–H groups in total. The lowest BCUT2D eigenvalue weighted by molar-refractivity contribution is 0.240. The second kappa shape index (κ2) is 7.16. The van der Waals surface area contributed by atoms with E-state index >= 15 is 0 Å². The van der Waals surface area contributed by atoms with E-state index in [-0.39, 0.29) is 11.9 Å². The number of nitrogens with two attached hydrogens (primary N) is 1. The zero-order valence-electron chi connectivity index (χ0n) is 12.3. The Morgan fingerprint density at radius 1 is 1.19 bits per heavy atom. The number of aryl methyl sites for hydroxylation is 1. The normalized spacial score (nSPS) is 12.7. The summed E-state index contributed by atoms with van der Waals surface area (Å²) in [5.41, 5.74) is 9.26. The Morgan fingerprint density at radius 3 is 2.48 bits per heavy atom. The molecule has 0 bridgehead atoms. The minimum Gasteiger partial charge on any atom is -0.329 e. The number of rotatable bonds is 5. The fourth-order valence-corrected chi connectivity index (χ4v) is 2.92. The topological polar surface area (TPSA) is 29.3 Å². The van der Waals surface area contributed by atoms with Gasteiger partial charge in [-0.15, -0.1) is 0 Å². The molecule has 0 aliphatic carbocycles. The molecule has 2 nitrogen and oxygen atoms in total. The fourth-order valence-electron chi connectivity index (χ4n) is 2.41. The van der Waals surface area contributed by atoms with Gasteiger partial charge < -0.3 is 5.73 Å². The molecule has 2 aromatic rings. The Morgan fingerprint density at radius 2 is 1.86 bits per heavy atom. The Labute approximate surface area is 133 Å². The van der Waals surface area contributed by atoms with Crippen molar-refractivity contribution in [3.05, 3.63) is 69.4 Å². The number of benzene rings is 2. The van der Waals surface area contributed by atoms with E-state index in [1.165, 1.54) is 17.2 Å². The van der Waals surface area contributed by atoms with Crippen molar-refractivity contribution in [2.24, 2.45) is 5.73 Å². The fraction of sp³-hybridized carbons (Fsp3) is 0.294. The SMILES string of the molecule is Cc1ccc(CN(C)C(CN)c2cc(F)ccc2Br)cc1. The molecule has 0 radical (unpaired) electrons. The summed E-state index contributed by atoms with van der Waals surface area (Å²) in [7, 11) is 2.01. The molecule has 0 aliphatic rings. The summed E-state index contributed by atoms with van der Waals surface area (Å²) in [4.78, 5) is 2.14. The molecule has 112 valence electrons. The highest BCUT2D eigenvalue weighted by Gasteiger charge is 2.18. The zero-order valence-corrected chi connectivity index (χ0v) is 13.9. The van der Waals surface area contributed by atoms with Crippen molar-refractivity contribution in [2.45, 2.75) is 19.5 Å². The van der Waals surface area contributed by atoms with Crippen LogP contribution in [-0.4, -0.2) is 18.5 Å². The Bertz CT molecular complexity index is 598. The summed E-state index contributed by atoms with van der Waals surface area (Å²) in [6.45, 7) is 3.27. The maximum Gasteiger partial charge on any atom is 0.123 e. The van der Waals surface area contributed by atoms with Crippen LogP contribution in [0.4, 0.5) is 4.39 Å². The molecule has 0 heterocycles. The first-order valence-electron chi connectivity index (χ1n) is 6.92. The molecule has 0 aromatic heterocycles. The van der Waals surface area contributed by atoms with Crippen molar-refractivity contribution in [1.82, 2.24) is 4.90 Å². The highest BCUT2D eigenvalue weighted by molar-refractivity contribution is 9.10. The van der Waals surface area contributed by atoms with Crippen molar-refractivity contribution < 1.29 is 4.39 Å². The van der Waals surface area contributed by atoms with E-state index in [1.54, 1.807) is 12.1 Å². The summed E-state index contributed by atoms with van der Waals surface area (Å²) in [5, 5.41) is 0. The number of hydrogen-bond donors (Lipinski definition) is 1. The molecule has 4 heteroatoms. The predicted molar refractivity (Wildman–Crippen MR) is 88.5 cm³/mol. The number of hydrogen-bond acceptors (Lipinski definition) is 2. The van der Waals surface area contributed by atoms with Gasteiger partial charge >= 0.3 is 0 Å². The second-order valence-corrected chi connectivity index (χ2v) is 6.17. The van der Waals surface area contributed by atoms with E-state index < -0.39 is 0 Å². The predicted octanol–water partition coefficient (Wildman–Crippen LogP) is 4.03. The van der Waals surface area contributed by atoms with Gasteiger partial charge in [0.25, 0.3) is 0 Å². The Hall–Kier alpha value is -1.23. The molecule has 0 spiro atoms. The average molecular weight is 351 g/mol. The maximum atomic E-state index is 13.5. The lowest BCUT2D eigenvalue weighted by Gasteiger charge is -2.28. The summed E-state index contributed by atoms with van der Waals surface area (Å²) in [6, 6.07) is 13.1. The molecular weight excluding hydrogens is 331 g/mol. The second-order valence-electron chi connectivity index (χ2n) is 5.32. The standard InChI is InChI=1S/C17H20BrFN2/c1-12-3-5-13(6-4-12)11-21(2)17(10-20)15-9-14(19)7-8-16(15)18/h3-9,17H,10-11,20H2,1-2H3. The van der Waals surface area contributed by atoms with Gasteiger partial charge in [-0.3, -0.25) is 4.90 Å². The van der Waals surface area contributed by atoms with Crippen LogP contribution in [0.1, 0.15) is 22.7 Å². The van der Waals surface area contributed by atoms with E-state index in [0.717, 1.165) is 16.6 Å². The van der Waals surface area contributed by atoms with Crippen molar-refractivity contribution >= 4 is 15.9 Å². The zero-order chi connectivity index (χ0) is 15.4. The minimum atomic E-state index is -0.240. The average Bonchev–Trinajstić information content (AvgIpc) is 2.46. The van der Waals surface area contributed by atoms with E-state index in [9.17, 15) is 4.39 Å². The van der Waals surface area contributed by atoms with Gasteiger partial charge in [-0.2, -0.15) is 0 Å². The van der Waals surface area contributed by atoms with Crippen LogP contribution in [0.3, 0.4) is 0 Å². The Balaban J connectivity index is 2.20. The molecule has 1 atom stereocenters. The summed E-state index contributed by atoms with van der Waals surface area (Å²) in [5.74, 6) is -0.240. The first-order chi connectivity index (χ1) is 10.0. The maximum absolute atomic E-state index is 13.5. The molecule has 0 saturated heterocycles. The summed E-state index contributed by atoms with van der Waals surface area (Å²) in [6.07, 6.45) is 0. The van der Waals surface area contributed by atoms with E-state index in [2.05, 4.69) is 52.0 Å². The number of nitrogens with zero attached hydrogens (tertiary/aromatic N) is 1. The van der Waals surface area contributed by atoms with Gasteiger partial charge in [-0.05, 0) is 43.3 Å². The molecule has 0 fully saturated rings. The Kier molecular flexibility index (Phi) is 5.51. The smallest absolute Gasteiger partial charge is 0.123 e. The summed E-state index contributed by atoms with van der Waals surface area (Å²) >= 11 is 3.49. The quantitative estimate of drug-likeness (QED) is 0.881. The van der Waals surface area contributed by atoms with Crippen LogP contribution in [0, 0.1) is 12.7 Å². The van der Waals surface area contributed by atoms with E-state index in [4.69, 9.17) is 5.73 Å².